The van der Waals surface area contributed by atoms with Crippen molar-refractivity contribution >= 4 is 59.4 Å². The van der Waals surface area contributed by atoms with E-state index in [1.165, 1.54) is 28.2 Å². The number of hydrogen-bond acceptors (Lipinski definition) is 5. The summed E-state index contributed by atoms with van der Waals surface area (Å²) in [5.41, 5.74) is 0.761. The first-order valence-corrected chi connectivity index (χ1v) is 9.46. The molecule has 0 unspecified atom stereocenters. The molecule has 3 rings (SSSR count). The molecule has 0 bridgehead atoms. The highest BCUT2D eigenvalue weighted by Gasteiger charge is 2.22. The fraction of sp³-hybridized carbons (Fsp3) is 0.0769. The van der Waals surface area contributed by atoms with E-state index < -0.39 is 16.1 Å². The average molecular weight is 415 g/mol. The maximum Gasteiger partial charge on any atom is 0.334 e. The topological polar surface area (TPSA) is 93.1 Å². The van der Waals surface area contributed by atoms with E-state index in [9.17, 15) is 13.2 Å². The zero-order valence-electron chi connectivity index (χ0n) is 11.8. The molecular formula is C13H11BrN4O3S2. The number of halogens is 1. The number of nitrogens with one attached hydrogen (secondary N) is 2. The van der Waals surface area contributed by atoms with E-state index in [1.807, 2.05) is 29.0 Å². The lowest BCUT2D eigenvalue weighted by atomic mass is 10.2. The highest BCUT2D eigenvalue weighted by Crippen LogP contribution is 2.24. The molecule has 2 aromatic heterocycles. The van der Waals surface area contributed by atoms with Crippen LogP contribution in [0.3, 0.4) is 0 Å². The second kappa shape index (κ2) is 5.95. The smallest absolute Gasteiger partial charge is 0.333 e. The minimum absolute atomic E-state index is 0.00849. The Labute approximate surface area is 144 Å². The number of benzene rings is 1. The van der Waals surface area contributed by atoms with Crippen LogP contribution in [0.1, 0.15) is 0 Å². The molecule has 0 saturated carbocycles. The van der Waals surface area contributed by atoms with Crippen LogP contribution < -0.4 is 10.0 Å². The van der Waals surface area contributed by atoms with Gasteiger partial charge in [0.05, 0.1) is 9.98 Å². The first kappa shape index (κ1) is 16.0. The van der Waals surface area contributed by atoms with Crippen LogP contribution in [0, 0.1) is 0 Å². The number of aryl methyl sites for hydroxylation is 1. The van der Waals surface area contributed by atoms with Crippen LogP contribution in [-0.4, -0.2) is 24.0 Å². The van der Waals surface area contributed by atoms with Crippen molar-refractivity contribution in [3.63, 3.8) is 0 Å². The number of urea groups is 1. The van der Waals surface area contributed by atoms with Crippen LogP contribution in [0.15, 0.2) is 45.3 Å². The summed E-state index contributed by atoms with van der Waals surface area (Å²) in [6.45, 7) is 0. The van der Waals surface area contributed by atoms with E-state index in [2.05, 4.69) is 26.2 Å². The predicted molar refractivity (Wildman–Crippen MR) is 92.1 cm³/mol. The van der Waals surface area contributed by atoms with Crippen molar-refractivity contribution in [2.24, 2.45) is 7.05 Å². The average Bonchev–Trinajstić information content (AvgIpc) is 3.03. The number of carbonyl (C=O) groups excluding carboxylic acids is 1. The van der Waals surface area contributed by atoms with E-state index in [-0.39, 0.29) is 5.03 Å². The van der Waals surface area contributed by atoms with Crippen molar-refractivity contribution in [1.29, 1.82) is 0 Å². The molecule has 0 radical (unpaired) electrons. The lowest BCUT2D eigenvalue weighted by Crippen LogP contribution is -2.35. The highest BCUT2D eigenvalue weighted by atomic mass is 79.9. The van der Waals surface area contributed by atoms with Gasteiger partial charge in [-0.2, -0.15) is 8.42 Å². The number of amides is 2. The van der Waals surface area contributed by atoms with Gasteiger partial charge < -0.3 is 4.57 Å². The molecule has 3 aromatic rings. The number of carbonyl (C=O) groups is 1. The van der Waals surface area contributed by atoms with Gasteiger partial charge in [0, 0.05) is 18.0 Å². The fourth-order valence-corrected chi connectivity index (χ4v) is 4.37. The quantitative estimate of drug-likeness (QED) is 0.688. The van der Waals surface area contributed by atoms with Crippen molar-refractivity contribution in [3.05, 3.63) is 40.3 Å². The number of hydrogen-bond donors (Lipinski definition) is 2. The van der Waals surface area contributed by atoms with Crippen LogP contribution in [0.4, 0.5) is 9.93 Å². The Kier molecular flexibility index (Phi) is 4.13. The molecule has 23 heavy (non-hydrogen) atoms. The van der Waals surface area contributed by atoms with E-state index in [0.717, 1.165) is 14.7 Å². The number of sulfonamides is 1. The number of thiazole rings is 1. The summed E-state index contributed by atoms with van der Waals surface area (Å²) in [5, 5.41) is 3.46. The van der Waals surface area contributed by atoms with Gasteiger partial charge in [0.1, 0.15) is 0 Å². The molecule has 2 N–H and O–H groups in total. The molecule has 0 fully saturated rings. The van der Waals surface area contributed by atoms with Crippen molar-refractivity contribution in [3.8, 4) is 0 Å². The zero-order valence-corrected chi connectivity index (χ0v) is 15.0. The number of para-hydroxylation sites is 1. The molecule has 2 amide bonds. The van der Waals surface area contributed by atoms with Crippen LogP contribution in [0.5, 0.6) is 0 Å². The molecule has 0 saturated heterocycles. The molecule has 10 heteroatoms. The monoisotopic (exact) mass is 414 g/mol. The van der Waals surface area contributed by atoms with E-state index in [4.69, 9.17) is 0 Å². The van der Waals surface area contributed by atoms with E-state index >= 15 is 0 Å². The molecule has 7 nitrogen and oxygen atoms in total. The molecule has 0 aliphatic carbocycles. The Hall–Kier alpha value is -1.91. The molecule has 0 atom stereocenters. The summed E-state index contributed by atoms with van der Waals surface area (Å²) >= 11 is 4.39. The van der Waals surface area contributed by atoms with Crippen LogP contribution in [-0.2, 0) is 17.1 Å². The van der Waals surface area contributed by atoms with Gasteiger partial charge in [-0.15, -0.1) is 0 Å². The zero-order chi connectivity index (χ0) is 16.6. The van der Waals surface area contributed by atoms with Gasteiger partial charge in [-0.1, -0.05) is 29.5 Å². The number of fused-ring (bicyclic) bond motifs is 1. The van der Waals surface area contributed by atoms with Gasteiger partial charge in [0.25, 0.3) is 10.0 Å². The summed E-state index contributed by atoms with van der Waals surface area (Å²) in [5.74, 6) is 0. The van der Waals surface area contributed by atoms with Crippen LogP contribution in [0.2, 0.25) is 0 Å². The number of aromatic nitrogens is 2. The van der Waals surface area contributed by atoms with Crippen molar-refractivity contribution in [2.75, 3.05) is 5.32 Å². The third kappa shape index (κ3) is 3.23. The van der Waals surface area contributed by atoms with Crippen molar-refractivity contribution in [2.45, 2.75) is 5.03 Å². The predicted octanol–water partition coefficient (Wildman–Crippen LogP) is 2.91. The third-order valence-corrected chi connectivity index (χ3v) is 5.90. The highest BCUT2D eigenvalue weighted by molar-refractivity contribution is 9.11. The number of nitrogens with zero attached hydrogens (tertiary/aromatic N) is 2. The van der Waals surface area contributed by atoms with Gasteiger partial charge in [-0.25, -0.2) is 14.5 Å². The second-order valence-electron chi connectivity index (χ2n) is 4.63. The first-order chi connectivity index (χ1) is 10.9. The van der Waals surface area contributed by atoms with Crippen molar-refractivity contribution in [1.82, 2.24) is 14.3 Å². The summed E-state index contributed by atoms with van der Waals surface area (Å²) in [6.07, 6.45) is 1.51. The summed E-state index contributed by atoms with van der Waals surface area (Å²) in [4.78, 5) is 15.8. The van der Waals surface area contributed by atoms with Gasteiger partial charge in [-0.05, 0) is 28.1 Å². The molecule has 1 aromatic carbocycles. The standard InChI is InChI=1S/C13H11BrN4O3S2/c1-18-9-5-3-2-4-8(9)6-11(18)23(20,21)17-12(19)16-13-15-7-10(14)22-13/h2-7H,1H3,(H2,15,16,17,19). The Morgan fingerprint density at radius 2 is 2.09 bits per heavy atom. The third-order valence-electron chi connectivity index (χ3n) is 3.11. The summed E-state index contributed by atoms with van der Waals surface area (Å²) in [6, 6.07) is 7.91. The Bertz CT molecular complexity index is 994. The normalized spacial score (nSPS) is 11.6. The number of anilines is 1. The molecule has 120 valence electrons. The van der Waals surface area contributed by atoms with Crippen LogP contribution in [0.25, 0.3) is 10.9 Å². The van der Waals surface area contributed by atoms with Crippen LogP contribution >= 0.6 is 27.3 Å². The van der Waals surface area contributed by atoms with Crippen molar-refractivity contribution < 1.29 is 13.2 Å². The largest absolute Gasteiger partial charge is 0.334 e. The summed E-state index contributed by atoms with van der Waals surface area (Å²) < 4.78 is 29.0. The molecule has 0 spiro atoms. The van der Waals surface area contributed by atoms with Gasteiger partial charge >= 0.3 is 6.03 Å². The van der Waals surface area contributed by atoms with E-state index in [0.29, 0.717) is 5.13 Å². The SMILES string of the molecule is Cn1c(S(=O)(=O)NC(=O)Nc2ncc(Br)s2)cc2ccccc21. The first-order valence-electron chi connectivity index (χ1n) is 6.36. The van der Waals surface area contributed by atoms with Gasteiger partial charge in [0.2, 0.25) is 0 Å². The maximum absolute atomic E-state index is 12.4. The summed E-state index contributed by atoms with van der Waals surface area (Å²) in [7, 11) is -2.37. The molecule has 2 heterocycles. The lowest BCUT2D eigenvalue weighted by Gasteiger charge is -2.08. The molecular weight excluding hydrogens is 404 g/mol. The second-order valence-corrected chi connectivity index (χ2v) is 8.67. The fourth-order valence-electron chi connectivity index (χ4n) is 2.13. The van der Waals surface area contributed by atoms with Gasteiger partial charge in [-0.3, -0.25) is 5.32 Å². The number of rotatable bonds is 3. The van der Waals surface area contributed by atoms with E-state index in [1.54, 1.807) is 7.05 Å². The minimum Gasteiger partial charge on any atom is -0.333 e. The Morgan fingerprint density at radius 1 is 1.35 bits per heavy atom. The Balaban J connectivity index is 1.85. The minimum atomic E-state index is -4.00. The maximum atomic E-state index is 12.4. The Morgan fingerprint density at radius 3 is 2.74 bits per heavy atom. The van der Waals surface area contributed by atoms with Gasteiger partial charge in [0.15, 0.2) is 10.2 Å². The lowest BCUT2D eigenvalue weighted by molar-refractivity contribution is 0.256. The molecule has 0 aliphatic heterocycles. The molecule has 0 aliphatic rings.